The Kier molecular flexibility index (Phi) is 5.78. The SMILES string of the molecule is CN=C(C=C(C)N)c1nc(OC2=CN(C(=O)O)[C@H](C(=O)OC)C2)c2sccc2n1. The van der Waals surface area contributed by atoms with Gasteiger partial charge in [0.2, 0.25) is 5.88 Å². The van der Waals surface area contributed by atoms with E-state index in [1.54, 1.807) is 20.0 Å². The Morgan fingerprint density at radius 2 is 2.21 bits per heavy atom. The van der Waals surface area contributed by atoms with Gasteiger partial charge in [-0.15, -0.1) is 11.3 Å². The highest BCUT2D eigenvalue weighted by molar-refractivity contribution is 7.17. The maximum Gasteiger partial charge on any atom is 0.412 e. The number of ether oxygens (including phenoxy) is 2. The molecule has 152 valence electrons. The number of allylic oxidation sites excluding steroid dienone is 2. The summed E-state index contributed by atoms with van der Waals surface area (Å²) in [5.74, 6) is 0.154. The predicted octanol–water partition coefficient (Wildman–Crippen LogP) is 2.12. The molecule has 10 nitrogen and oxygen atoms in total. The van der Waals surface area contributed by atoms with Crippen molar-refractivity contribution in [1.82, 2.24) is 14.9 Å². The third-order valence-electron chi connectivity index (χ3n) is 4.04. The van der Waals surface area contributed by atoms with Gasteiger partial charge in [0.1, 0.15) is 22.2 Å². The van der Waals surface area contributed by atoms with Gasteiger partial charge < -0.3 is 20.3 Å². The van der Waals surface area contributed by atoms with Crippen molar-refractivity contribution in [3.05, 3.63) is 41.0 Å². The molecule has 2 aromatic heterocycles. The van der Waals surface area contributed by atoms with E-state index >= 15 is 0 Å². The van der Waals surface area contributed by atoms with E-state index in [4.69, 9.17) is 10.5 Å². The number of hydrogen-bond donors (Lipinski definition) is 2. The Hall–Kier alpha value is -3.47. The second-order valence-electron chi connectivity index (χ2n) is 6.11. The van der Waals surface area contributed by atoms with Crippen LogP contribution in [0.5, 0.6) is 5.88 Å². The number of thiophene rings is 1. The van der Waals surface area contributed by atoms with Crippen molar-refractivity contribution in [2.45, 2.75) is 19.4 Å². The Balaban J connectivity index is 1.99. The number of fused-ring (bicyclic) bond motifs is 1. The number of hydrogen-bond acceptors (Lipinski definition) is 9. The minimum atomic E-state index is -1.28. The maximum absolute atomic E-state index is 11.9. The van der Waals surface area contributed by atoms with E-state index < -0.39 is 18.1 Å². The molecule has 3 heterocycles. The van der Waals surface area contributed by atoms with Crippen molar-refractivity contribution in [3.63, 3.8) is 0 Å². The van der Waals surface area contributed by atoms with E-state index in [1.807, 2.05) is 11.4 Å². The number of aliphatic imine (C=N–C) groups is 1. The average molecular weight is 417 g/mol. The molecular formula is C18H19N5O5S. The fourth-order valence-corrected chi connectivity index (χ4v) is 3.52. The summed E-state index contributed by atoms with van der Waals surface area (Å²) < 4.78 is 11.3. The minimum absolute atomic E-state index is 0.0295. The maximum atomic E-state index is 11.9. The lowest BCUT2D eigenvalue weighted by atomic mass is 10.2. The summed E-state index contributed by atoms with van der Waals surface area (Å²) in [7, 11) is 2.80. The summed E-state index contributed by atoms with van der Waals surface area (Å²) in [5.41, 5.74) is 7.42. The van der Waals surface area contributed by atoms with Crippen LogP contribution >= 0.6 is 11.3 Å². The van der Waals surface area contributed by atoms with Gasteiger partial charge in [-0.05, 0) is 24.4 Å². The molecule has 3 N–H and O–H groups in total. The van der Waals surface area contributed by atoms with Crippen LogP contribution in [-0.2, 0) is 9.53 Å². The van der Waals surface area contributed by atoms with Crippen molar-refractivity contribution in [1.29, 1.82) is 0 Å². The zero-order valence-electron chi connectivity index (χ0n) is 15.9. The Bertz CT molecular complexity index is 1050. The van der Waals surface area contributed by atoms with E-state index in [1.165, 1.54) is 24.6 Å². The number of nitrogens with two attached hydrogens (primary N) is 1. The molecular weight excluding hydrogens is 398 g/mol. The molecule has 1 atom stereocenters. The molecule has 2 aromatic rings. The zero-order valence-corrected chi connectivity index (χ0v) is 16.8. The molecule has 0 radical (unpaired) electrons. The summed E-state index contributed by atoms with van der Waals surface area (Å²) in [5, 5.41) is 11.2. The molecule has 1 aliphatic heterocycles. The lowest BCUT2D eigenvalue weighted by Crippen LogP contribution is -2.38. The standard InChI is InChI=1S/C18H19N5O5S/c1-9(19)6-12(20-2)15-21-11-4-5-29-14(11)16(22-15)28-10-7-13(17(24)27-3)23(8-10)18(25)26/h4-6,8,13H,7,19H2,1-3H3,(H,25,26)/t13-/m0/s1. The van der Waals surface area contributed by atoms with E-state index in [0.717, 1.165) is 4.90 Å². The number of esters is 1. The lowest BCUT2D eigenvalue weighted by molar-refractivity contribution is -0.145. The lowest BCUT2D eigenvalue weighted by Gasteiger charge is -2.17. The molecule has 0 saturated heterocycles. The monoisotopic (exact) mass is 417 g/mol. The van der Waals surface area contributed by atoms with Crippen LogP contribution in [0.25, 0.3) is 10.2 Å². The van der Waals surface area contributed by atoms with E-state index in [0.29, 0.717) is 27.4 Å². The Morgan fingerprint density at radius 1 is 1.45 bits per heavy atom. The summed E-state index contributed by atoms with van der Waals surface area (Å²) in [6.45, 7) is 1.72. The number of carbonyl (C=O) groups is 2. The van der Waals surface area contributed by atoms with Gasteiger partial charge in [-0.1, -0.05) is 0 Å². The van der Waals surface area contributed by atoms with Crippen LogP contribution in [0.15, 0.2) is 40.2 Å². The van der Waals surface area contributed by atoms with Crippen LogP contribution in [0.2, 0.25) is 0 Å². The van der Waals surface area contributed by atoms with Gasteiger partial charge in [-0.3, -0.25) is 9.89 Å². The van der Waals surface area contributed by atoms with Crippen LogP contribution in [0.4, 0.5) is 4.79 Å². The van der Waals surface area contributed by atoms with Crippen LogP contribution < -0.4 is 10.5 Å². The molecule has 0 saturated carbocycles. The van der Waals surface area contributed by atoms with Crippen molar-refractivity contribution < 1.29 is 24.2 Å². The van der Waals surface area contributed by atoms with Gasteiger partial charge in [0.25, 0.3) is 0 Å². The molecule has 0 fully saturated rings. The molecule has 0 aliphatic carbocycles. The summed E-state index contributed by atoms with van der Waals surface area (Å²) in [6, 6.07) is 0.803. The number of nitrogens with zero attached hydrogens (tertiary/aromatic N) is 4. The molecule has 29 heavy (non-hydrogen) atoms. The number of carbonyl (C=O) groups excluding carboxylic acids is 1. The summed E-state index contributed by atoms with van der Waals surface area (Å²) in [6.07, 6.45) is 1.64. The molecule has 1 amide bonds. The largest absolute Gasteiger partial charge is 0.467 e. The first-order chi connectivity index (χ1) is 13.8. The number of methoxy groups -OCH3 is 1. The highest BCUT2D eigenvalue weighted by Crippen LogP contribution is 2.32. The fourth-order valence-electron chi connectivity index (χ4n) is 2.77. The van der Waals surface area contributed by atoms with E-state index in [-0.39, 0.29) is 18.1 Å². The van der Waals surface area contributed by atoms with Crippen LogP contribution in [0, 0.1) is 0 Å². The Labute approximate surface area is 170 Å². The molecule has 11 heteroatoms. The van der Waals surface area contributed by atoms with Crippen LogP contribution in [0.3, 0.4) is 0 Å². The first-order valence-corrected chi connectivity index (χ1v) is 9.35. The topological polar surface area (TPSA) is 140 Å². The van der Waals surface area contributed by atoms with E-state index in [9.17, 15) is 14.7 Å². The summed E-state index contributed by atoms with van der Waals surface area (Å²) in [4.78, 5) is 37.3. The fraction of sp³-hybridized carbons (Fsp3) is 0.278. The molecule has 1 aliphatic rings. The van der Waals surface area contributed by atoms with Crippen LogP contribution in [0.1, 0.15) is 19.2 Å². The second kappa shape index (κ2) is 8.27. The van der Waals surface area contributed by atoms with Gasteiger partial charge in [0.05, 0.1) is 12.6 Å². The van der Waals surface area contributed by atoms with Gasteiger partial charge in [0.15, 0.2) is 5.82 Å². The normalized spacial score (nSPS) is 17.4. The number of aromatic nitrogens is 2. The zero-order chi connectivity index (χ0) is 21.1. The molecule has 3 rings (SSSR count). The molecule has 0 unspecified atom stereocenters. The first-order valence-electron chi connectivity index (χ1n) is 8.47. The average Bonchev–Trinajstić information content (AvgIpc) is 3.32. The van der Waals surface area contributed by atoms with Gasteiger partial charge in [-0.2, -0.15) is 4.98 Å². The van der Waals surface area contributed by atoms with Crippen molar-refractivity contribution in [3.8, 4) is 5.88 Å². The van der Waals surface area contributed by atoms with E-state index in [2.05, 4.69) is 19.7 Å². The Morgan fingerprint density at radius 3 is 2.83 bits per heavy atom. The van der Waals surface area contributed by atoms with Crippen molar-refractivity contribution >= 4 is 39.3 Å². The number of amides is 1. The van der Waals surface area contributed by atoms with Gasteiger partial charge in [0, 0.05) is 25.4 Å². The van der Waals surface area contributed by atoms with Crippen LogP contribution in [-0.4, -0.2) is 57.9 Å². The third-order valence-corrected chi connectivity index (χ3v) is 4.93. The molecule has 0 bridgehead atoms. The first kappa shape index (κ1) is 20.3. The van der Waals surface area contributed by atoms with Crippen molar-refractivity contribution in [2.24, 2.45) is 10.7 Å². The van der Waals surface area contributed by atoms with Crippen molar-refractivity contribution in [2.75, 3.05) is 14.2 Å². The minimum Gasteiger partial charge on any atom is -0.467 e. The molecule has 0 spiro atoms. The number of rotatable bonds is 5. The highest BCUT2D eigenvalue weighted by atomic mass is 32.1. The quantitative estimate of drug-likeness (QED) is 0.557. The second-order valence-corrected chi connectivity index (χ2v) is 7.03. The van der Waals surface area contributed by atoms with Gasteiger partial charge in [-0.25, -0.2) is 14.6 Å². The number of carboxylic acid groups (broad SMARTS) is 1. The third kappa shape index (κ3) is 4.19. The summed E-state index contributed by atoms with van der Waals surface area (Å²) >= 11 is 1.38. The highest BCUT2D eigenvalue weighted by Gasteiger charge is 2.37. The smallest absolute Gasteiger partial charge is 0.412 e. The molecule has 0 aromatic carbocycles. The predicted molar refractivity (Wildman–Crippen MR) is 107 cm³/mol. The van der Waals surface area contributed by atoms with Gasteiger partial charge >= 0.3 is 12.1 Å².